The Hall–Kier alpha value is -2.11. The van der Waals surface area contributed by atoms with Gasteiger partial charge in [0, 0.05) is 24.3 Å². The Labute approximate surface area is 115 Å². The Kier molecular flexibility index (Phi) is 3.08. The average Bonchev–Trinajstić information content (AvgIpc) is 3.21. The number of hydrazine groups is 1. The van der Waals surface area contributed by atoms with Crippen molar-refractivity contribution in [3.05, 3.63) is 22.6 Å². The van der Waals surface area contributed by atoms with Crippen LogP contribution in [0, 0.1) is 12.8 Å². The first-order valence-electron chi connectivity index (χ1n) is 6.83. The molecule has 0 unspecified atom stereocenters. The summed E-state index contributed by atoms with van der Waals surface area (Å²) in [5.41, 5.74) is 5.81. The van der Waals surface area contributed by atoms with Crippen LogP contribution in [0.1, 0.15) is 57.9 Å². The average molecular weight is 276 g/mol. The molecule has 1 heterocycles. The summed E-state index contributed by atoms with van der Waals surface area (Å²) in [6.07, 6.45) is 3.64. The minimum atomic E-state index is -0.515. The van der Waals surface area contributed by atoms with Crippen LogP contribution in [-0.2, 0) is 11.2 Å². The van der Waals surface area contributed by atoms with Gasteiger partial charge in [-0.25, -0.2) is 0 Å². The molecule has 106 valence electrons. The van der Waals surface area contributed by atoms with Gasteiger partial charge in [0.1, 0.15) is 5.76 Å². The number of fused-ring (bicyclic) bond motifs is 1. The predicted octanol–water partition coefficient (Wildman–Crippen LogP) is 1.28. The van der Waals surface area contributed by atoms with Crippen LogP contribution in [0.15, 0.2) is 4.42 Å². The van der Waals surface area contributed by atoms with Crippen LogP contribution in [0.2, 0.25) is 0 Å². The number of furan rings is 1. The number of hydrogen-bond donors (Lipinski definition) is 2. The fraction of sp³-hybridized carbons (Fsp3) is 0.500. The molecular weight excluding hydrogens is 260 g/mol. The van der Waals surface area contributed by atoms with Gasteiger partial charge in [0.2, 0.25) is 5.91 Å². The van der Waals surface area contributed by atoms with Crippen molar-refractivity contribution in [2.24, 2.45) is 5.92 Å². The maximum Gasteiger partial charge on any atom is 0.305 e. The Morgan fingerprint density at radius 3 is 2.60 bits per heavy atom. The number of amides is 2. The van der Waals surface area contributed by atoms with E-state index >= 15 is 0 Å². The molecule has 6 nitrogen and oxygen atoms in total. The highest BCUT2D eigenvalue weighted by Gasteiger charge is 2.31. The Bertz CT molecular complexity index is 599. The summed E-state index contributed by atoms with van der Waals surface area (Å²) in [6, 6.07) is 0. The number of hydrogen-bond acceptors (Lipinski definition) is 4. The number of Topliss-reactive ketones (excluding diaryl/α,β-unsaturated/α-hetero) is 1. The second-order valence-electron chi connectivity index (χ2n) is 5.35. The molecule has 2 aliphatic carbocycles. The number of rotatable bonds is 2. The smallest absolute Gasteiger partial charge is 0.305 e. The molecule has 2 aliphatic rings. The topological polar surface area (TPSA) is 88.4 Å². The van der Waals surface area contributed by atoms with E-state index < -0.39 is 5.91 Å². The summed E-state index contributed by atoms with van der Waals surface area (Å²) < 4.78 is 5.49. The SMILES string of the molecule is Cc1c(C(=O)NNC(=O)C2CC2)oc2c1C(=O)CCC2. The minimum absolute atomic E-state index is 0.0165. The molecule has 1 fully saturated rings. The first-order chi connectivity index (χ1) is 9.58. The normalized spacial score (nSPS) is 17.6. The Morgan fingerprint density at radius 2 is 1.95 bits per heavy atom. The first kappa shape index (κ1) is 12.9. The van der Waals surface area contributed by atoms with E-state index in [1.165, 1.54) is 0 Å². The minimum Gasteiger partial charge on any atom is -0.455 e. The Balaban J connectivity index is 1.74. The molecule has 2 N–H and O–H groups in total. The lowest BCUT2D eigenvalue weighted by Crippen LogP contribution is -2.42. The molecule has 3 rings (SSSR count). The van der Waals surface area contributed by atoms with Gasteiger partial charge >= 0.3 is 5.91 Å². The van der Waals surface area contributed by atoms with Gasteiger partial charge < -0.3 is 4.42 Å². The molecule has 1 aromatic rings. The molecule has 0 spiro atoms. The van der Waals surface area contributed by atoms with E-state index in [2.05, 4.69) is 10.9 Å². The van der Waals surface area contributed by atoms with Crippen LogP contribution in [0.5, 0.6) is 0 Å². The largest absolute Gasteiger partial charge is 0.455 e. The Morgan fingerprint density at radius 1 is 1.20 bits per heavy atom. The molecule has 0 bridgehead atoms. The third-order valence-electron chi connectivity index (χ3n) is 3.76. The predicted molar refractivity (Wildman–Crippen MR) is 69.0 cm³/mol. The number of carbonyl (C=O) groups is 3. The van der Waals surface area contributed by atoms with Gasteiger partial charge in [-0.2, -0.15) is 0 Å². The van der Waals surface area contributed by atoms with E-state index in [9.17, 15) is 14.4 Å². The van der Waals surface area contributed by atoms with Crippen LogP contribution in [0.3, 0.4) is 0 Å². The molecule has 1 saturated carbocycles. The fourth-order valence-corrected chi connectivity index (χ4v) is 2.49. The highest BCUT2D eigenvalue weighted by Crippen LogP contribution is 2.30. The molecular formula is C14H16N2O4. The number of nitrogens with one attached hydrogen (secondary N) is 2. The summed E-state index contributed by atoms with van der Waals surface area (Å²) in [5, 5.41) is 0. The van der Waals surface area contributed by atoms with Gasteiger partial charge in [-0.1, -0.05) is 0 Å². The maximum atomic E-state index is 12.0. The van der Waals surface area contributed by atoms with E-state index in [0.29, 0.717) is 29.7 Å². The fourth-order valence-electron chi connectivity index (χ4n) is 2.49. The molecule has 0 aromatic carbocycles. The van der Waals surface area contributed by atoms with Gasteiger partial charge in [-0.15, -0.1) is 0 Å². The van der Waals surface area contributed by atoms with Crippen molar-refractivity contribution in [3.8, 4) is 0 Å². The quantitative estimate of drug-likeness (QED) is 0.796. The van der Waals surface area contributed by atoms with Gasteiger partial charge in [-0.3, -0.25) is 25.2 Å². The zero-order chi connectivity index (χ0) is 14.3. The van der Waals surface area contributed by atoms with E-state index in [4.69, 9.17) is 4.42 Å². The molecule has 20 heavy (non-hydrogen) atoms. The van der Waals surface area contributed by atoms with Gasteiger partial charge in [0.05, 0.1) is 5.56 Å². The summed E-state index contributed by atoms with van der Waals surface area (Å²) >= 11 is 0. The highest BCUT2D eigenvalue weighted by molar-refractivity contribution is 6.03. The van der Waals surface area contributed by atoms with Crippen molar-refractivity contribution in [2.75, 3.05) is 0 Å². The second kappa shape index (κ2) is 4.77. The van der Waals surface area contributed by atoms with Crippen LogP contribution >= 0.6 is 0 Å². The van der Waals surface area contributed by atoms with Crippen LogP contribution < -0.4 is 10.9 Å². The zero-order valence-electron chi connectivity index (χ0n) is 11.2. The molecule has 1 aromatic heterocycles. The molecule has 0 saturated heterocycles. The molecule has 0 aliphatic heterocycles. The summed E-state index contributed by atoms with van der Waals surface area (Å²) in [5.74, 6) is 0.0391. The number of ketones is 1. The lowest BCUT2D eigenvalue weighted by Gasteiger charge is -2.07. The summed E-state index contributed by atoms with van der Waals surface area (Å²) in [4.78, 5) is 35.3. The van der Waals surface area contributed by atoms with Crippen molar-refractivity contribution in [2.45, 2.75) is 39.0 Å². The third kappa shape index (κ3) is 2.21. The van der Waals surface area contributed by atoms with Crippen molar-refractivity contribution in [1.29, 1.82) is 0 Å². The van der Waals surface area contributed by atoms with Crippen LogP contribution in [0.25, 0.3) is 0 Å². The van der Waals surface area contributed by atoms with Gasteiger partial charge in [-0.05, 0) is 26.2 Å². The second-order valence-corrected chi connectivity index (χ2v) is 5.35. The van der Waals surface area contributed by atoms with Crippen LogP contribution in [-0.4, -0.2) is 17.6 Å². The van der Waals surface area contributed by atoms with Gasteiger partial charge in [0.25, 0.3) is 0 Å². The van der Waals surface area contributed by atoms with E-state index in [-0.39, 0.29) is 23.4 Å². The zero-order valence-corrected chi connectivity index (χ0v) is 11.2. The third-order valence-corrected chi connectivity index (χ3v) is 3.76. The molecule has 2 amide bonds. The summed E-state index contributed by atoms with van der Waals surface area (Å²) in [7, 11) is 0. The lowest BCUT2D eigenvalue weighted by molar-refractivity contribution is -0.123. The summed E-state index contributed by atoms with van der Waals surface area (Å²) in [6.45, 7) is 1.70. The maximum absolute atomic E-state index is 12.0. The van der Waals surface area contributed by atoms with Crippen molar-refractivity contribution >= 4 is 17.6 Å². The van der Waals surface area contributed by atoms with Crippen molar-refractivity contribution in [3.63, 3.8) is 0 Å². The number of carbonyl (C=O) groups excluding carboxylic acids is 3. The van der Waals surface area contributed by atoms with E-state index in [0.717, 1.165) is 19.3 Å². The molecule has 0 radical (unpaired) electrons. The highest BCUT2D eigenvalue weighted by atomic mass is 16.4. The number of aryl methyl sites for hydroxylation is 1. The van der Waals surface area contributed by atoms with Crippen molar-refractivity contribution < 1.29 is 18.8 Å². The van der Waals surface area contributed by atoms with Crippen LogP contribution in [0.4, 0.5) is 0 Å². The standard InChI is InChI=1S/C14H16N2O4/c1-7-11-9(17)3-2-4-10(11)20-12(7)14(19)16-15-13(18)8-5-6-8/h8H,2-6H2,1H3,(H,15,18)(H,16,19). The van der Waals surface area contributed by atoms with Gasteiger partial charge in [0.15, 0.2) is 11.5 Å². The first-order valence-corrected chi connectivity index (χ1v) is 6.83. The lowest BCUT2D eigenvalue weighted by atomic mass is 9.94. The molecule has 6 heteroatoms. The van der Waals surface area contributed by atoms with Crippen molar-refractivity contribution in [1.82, 2.24) is 10.9 Å². The monoisotopic (exact) mass is 276 g/mol. The van der Waals surface area contributed by atoms with E-state index in [1.807, 2.05) is 0 Å². The molecule has 0 atom stereocenters. The van der Waals surface area contributed by atoms with E-state index in [1.54, 1.807) is 6.92 Å².